The van der Waals surface area contributed by atoms with Crippen LogP contribution in [0.4, 0.5) is 0 Å². The van der Waals surface area contributed by atoms with Gasteiger partial charge < -0.3 is 10.8 Å². The summed E-state index contributed by atoms with van der Waals surface area (Å²) in [6, 6.07) is 13.9. The van der Waals surface area contributed by atoms with Crippen LogP contribution >= 0.6 is 12.4 Å². The normalized spacial score (nSPS) is 13.4. The Balaban J connectivity index is 0.00000220. The third-order valence-corrected chi connectivity index (χ3v) is 3.77. The summed E-state index contributed by atoms with van der Waals surface area (Å²) in [5.41, 5.74) is 12.0. The fourth-order valence-electron chi connectivity index (χ4n) is 2.89. The molecular formula is C18H24ClNO. The quantitative estimate of drug-likeness (QED) is 0.906. The highest BCUT2D eigenvalue weighted by Gasteiger charge is 2.20. The van der Waals surface area contributed by atoms with E-state index < -0.39 is 6.10 Å². The van der Waals surface area contributed by atoms with Crippen molar-refractivity contribution in [3.8, 4) is 0 Å². The van der Waals surface area contributed by atoms with Crippen molar-refractivity contribution in [2.45, 2.75) is 39.3 Å². The second-order valence-electron chi connectivity index (χ2n) is 5.60. The van der Waals surface area contributed by atoms with E-state index in [2.05, 4.69) is 32.9 Å². The first-order valence-corrected chi connectivity index (χ1v) is 7.04. The molecule has 2 rings (SSSR count). The van der Waals surface area contributed by atoms with Crippen molar-refractivity contribution in [1.82, 2.24) is 0 Å². The highest BCUT2D eigenvalue weighted by atomic mass is 35.5. The summed E-state index contributed by atoms with van der Waals surface area (Å²) in [6.07, 6.45) is 0.00638. The predicted octanol–water partition coefficient (Wildman–Crippen LogP) is 3.64. The monoisotopic (exact) mass is 305 g/mol. The lowest BCUT2D eigenvalue weighted by molar-refractivity contribution is 0.144. The molecule has 0 amide bonds. The van der Waals surface area contributed by atoms with E-state index in [9.17, 15) is 5.11 Å². The molecule has 2 nitrogen and oxygen atoms in total. The summed E-state index contributed by atoms with van der Waals surface area (Å²) >= 11 is 0. The molecule has 2 aromatic carbocycles. The van der Waals surface area contributed by atoms with E-state index in [4.69, 9.17) is 5.73 Å². The second-order valence-corrected chi connectivity index (χ2v) is 5.60. The van der Waals surface area contributed by atoms with E-state index in [0.717, 1.165) is 22.3 Å². The topological polar surface area (TPSA) is 46.2 Å². The maximum absolute atomic E-state index is 10.4. The number of nitrogens with two attached hydrogens (primary N) is 1. The Morgan fingerprint density at radius 1 is 1.00 bits per heavy atom. The van der Waals surface area contributed by atoms with Crippen LogP contribution in [-0.4, -0.2) is 11.2 Å². The highest BCUT2D eigenvalue weighted by molar-refractivity contribution is 5.85. The molecular weight excluding hydrogens is 282 g/mol. The molecule has 0 saturated heterocycles. The Hall–Kier alpha value is -1.35. The molecule has 114 valence electrons. The van der Waals surface area contributed by atoms with Crippen LogP contribution in [0.1, 0.15) is 33.9 Å². The number of aryl methyl sites for hydroxylation is 3. The van der Waals surface area contributed by atoms with Crippen molar-refractivity contribution < 1.29 is 5.11 Å². The summed E-state index contributed by atoms with van der Waals surface area (Å²) in [7, 11) is 0. The standard InChI is InChI=1S/C18H23NO.ClH/c1-12-9-13(2)17(14(3)10-12)18(19)16(20)11-15-7-5-4-6-8-15;/h4-10,16,18,20H,11,19H2,1-3H3;1H/t16-,18-;/m0./s1. The Kier molecular flexibility index (Phi) is 6.41. The summed E-state index contributed by atoms with van der Waals surface area (Å²) in [5, 5.41) is 10.4. The number of benzene rings is 2. The Labute approximate surface area is 133 Å². The largest absolute Gasteiger partial charge is 0.391 e. The van der Waals surface area contributed by atoms with Gasteiger partial charge in [-0.05, 0) is 43.0 Å². The van der Waals surface area contributed by atoms with Gasteiger partial charge in [-0.15, -0.1) is 12.4 Å². The average molecular weight is 306 g/mol. The molecule has 0 saturated carbocycles. The van der Waals surface area contributed by atoms with Crippen LogP contribution in [0.3, 0.4) is 0 Å². The molecule has 21 heavy (non-hydrogen) atoms. The number of hydrogen-bond acceptors (Lipinski definition) is 2. The fraction of sp³-hybridized carbons (Fsp3) is 0.333. The molecule has 0 fully saturated rings. The van der Waals surface area contributed by atoms with Crippen LogP contribution in [0.25, 0.3) is 0 Å². The van der Waals surface area contributed by atoms with Crippen molar-refractivity contribution in [2.75, 3.05) is 0 Å². The van der Waals surface area contributed by atoms with E-state index in [1.165, 1.54) is 5.56 Å². The van der Waals surface area contributed by atoms with Crippen LogP contribution in [0.2, 0.25) is 0 Å². The molecule has 0 spiro atoms. The number of aliphatic hydroxyl groups is 1. The van der Waals surface area contributed by atoms with Crippen LogP contribution in [-0.2, 0) is 6.42 Å². The van der Waals surface area contributed by atoms with E-state index in [1.807, 2.05) is 30.3 Å². The van der Waals surface area contributed by atoms with Crippen molar-refractivity contribution >= 4 is 12.4 Å². The maximum atomic E-state index is 10.4. The van der Waals surface area contributed by atoms with E-state index >= 15 is 0 Å². The molecule has 0 aliphatic heterocycles. The summed E-state index contributed by atoms with van der Waals surface area (Å²) in [5.74, 6) is 0. The SMILES string of the molecule is Cc1cc(C)c([C@@H](N)[C@@H](O)Cc2ccccc2)c(C)c1.Cl. The molecule has 0 radical (unpaired) electrons. The van der Waals surface area contributed by atoms with Crippen LogP contribution in [0, 0.1) is 20.8 Å². The minimum atomic E-state index is -0.572. The molecule has 0 heterocycles. The Morgan fingerprint density at radius 2 is 1.52 bits per heavy atom. The van der Waals surface area contributed by atoms with E-state index in [-0.39, 0.29) is 18.4 Å². The van der Waals surface area contributed by atoms with Crippen molar-refractivity contribution in [2.24, 2.45) is 5.73 Å². The smallest absolute Gasteiger partial charge is 0.0773 e. The number of aliphatic hydroxyl groups excluding tert-OH is 1. The third-order valence-electron chi connectivity index (χ3n) is 3.77. The van der Waals surface area contributed by atoms with Gasteiger partial charge in [-0.1, -0.05) is 48.0 Å². The third kappa shape index (κ3) is 4.31. The van der Waals surface area contributed by atoms with Gasteiger partial charge in [-0.3, -0.25) is 0 Å². The average Bonchev–Trinajstić information content (AvgIpc) is 2.38. The molecule has 2 aromatic rings. The molecule has 3 N–H and O–H groups in total. The molecule has 0 bridgehead atoms. The van der Waals surface area contributed by atoms with Gasteiger partial charge in [0, 0.05) is 6.42 Å². The van der Waals surface area contributed by atoms with Crippen molar-refractivity contribution in [3.63, 3.8) is 0 Å². The summed E-state index contributed by atoms with van der Waals surface area (Å²) in [4.78, 5) is 0. The number of hydrogen-bond donors (Lipinski definition) is 2. The zero-order valence-corrected chi connectivity index (χ0v) is 13.7. The van der Waals surface area contributed by atoms with Gasteiger partial charge in [0.15, 0.2) is 0 Å². The summed E-state index contributed by atoms with van der Waals surface area (Å²) < 4.78 is 0. The second kappa shape index (κ2) is 7.60. The molecule has 3 heteroatoms. The Morgan fingerprint density at radius 3 is 2.05 bits per heavy atom. The predicted molar refractivity (Wildman–Crippen MR) is 91.0 cm³/mol. The van der Waals surface area contributed by atoms with Crippen LogP contribution in [0.15, 0.2) is 42.5 Å². The van der Waals surface area contributed by atoms with Crippen LogP contribution < -0.4 is 5.73 Å². The Bertz CT molecular complexity index is 560. The number of halogens is 1. The van der Waals surface area contributed by atoms with Gasteiger partial charge in [0.25, 0.3) is 0 Å². The zero-order chi connectivity index (χ0) is 14.7. The van der Waals surface area contributed by atoms with Crippen molar-refractivity contribution in [1.29, 1.82) is 0 Å². The molecule has 0 aliphatic rings. The lowest BCUT2D eigenvalue weighted by Crippen LogP contribution is -2.29. The molecule has 0 aromatic heterocycles. The maximum Gasteiger partial charge on any atom is 0.0773 e. The van der Waals surface area contributed by atoms with Gasteiger partial charge >= 0.3 is 0 Å². The van der Waals surface area contributed by atoms with Gasteiger partial charge in [-0.2, -0.15) is 0 Å². The molecule has 2 atom stereocenters. The highest BCUT2D eigenvalue weighted by Crippen LogP contribution is 2.25. The van der Waals surface area contributed by atoms with Crippen molar-refractivity contribution in [3.05, 3.63) is 70.3 Å². The lowest BCUT2D eigenvalue weighted by atomic mass is 9.89. The molecule has 0 unspecified atom stereocenters. The minimum absolute atomic E-state index is 0. The fourth-order valence-corrected chi connectivity index (χ4v) is 2.89. The van der Waals surface area contributed by atoms with E-state index in [0.29, 0.717) is 6.42 Å². The van der Waals surface area contributed by atoms with Gasteiger partial charge in [0.05, 0.1) is 12.1 Å². The summed E-state index contributed by atoms with van der Waals surface area (Å²) in [6.45, 7) is 6.20. The minimum Gasteiger partial charge on any atom is -0.391 e. The van der Waals surface area contributed by atoms with Crippen LogP contribution in [0.5, 0.6) is 0 Å². The first-order chi connectivity index (χ1) is 9.49. The van der Waals surface area contributed by atoms with E-state index in [1.54, 1.807) is 0 Å². The number of rotatable bonds is 4. The molecule has 0 aliphatic carbocycles. The van der Waals surface area contributed by atoms with Gasteiger partial charge in [0.1, 0.15) is 0 Å². The first-order valence-electron chi connectivity index (χ1n) is 7.04. The zero-order valence-electron chi connectivity index (χ0n) is 12.8. The van der Waals surface area contributed by atoms with Gasteiger partial charge in [-0.25, -0.2) is 0 Å². The van der Waals surface area contributed by atoms with Gasteiger partial charge in [0.2, 0.25) is 0 Å². The lowest BCUT2D eigenvalue weighted by Gasteiger charge is -2.23. The first kappa shape index (κ1) is 17.7.